The molecule has 2 atom stereocenters. The molecule has 3 aliphatic rings. The first-order valence-corrected chi connectivity index (χ1v) is 7.89. The normalized spacial score (nSPS) is 26.9. The maximum atomic E-state index is 12.2. The summed E-state index contributed by atoms with van der Waals surface area (Å²) in [5, 5.41) is -0.742. The number of hydrogen-bond acceptors (Lipinski definition) is 4. The number of hydrogen-bond donors (Lipinski definition) is 0. The van der Waals surface area contributed by atoms with Crippen molar-refractivity contribution in [3.8, 4) is 0 Å². The topological polar surface area (TPSA) is 40.6 Å². The van der Waals surface area contributed by atoms with Gasteiger partial charge < -0.3 is 9.80 Å². The summed E-state index contributed by atoms with van der Waals surface area (Å²) in [7, 11) is 4.66. The standard InChI is InChI=1S/C12H12N2O2S2/c1-13-9(15)12-14(10(16)11(13)17-18-12)7-8-5-3-2-4-6-8/h2-6,11-12H,7H2,1H3/t11-,12-/m0/s1. The minimum absolute atomic E-state index is 0.0271. The molecule has 1 aromatic rings. The number of nitrogens with zero attached hydrogens (tertiary/aromatic N) is 2. The Morgan fingerprint density at radius 3 is 2.44 bits per heavy atom. The fraction of sp³-hybridized carbons (Fsp3) is 0.333. The fourth-order valence-corrected chi connectivity index (χ4v) is 5.11. The van der Waals surface area contributed by atoms with E-state index < -0.39 is 0 Å². The zero-order valence-corrected chi connectivity index (χ0v) is 11.4. The molecule has 0 spiro atoms. The highest BCUT2D eigenvalue weighted by molar-refractivity contribution is 8.77. The Morgan fingerprint density at radius 1 is 1.06 bits per heavy atom. The number of likely N-dealkylation sites (N-methyl/N-ethyl adjacent to an activating group) is 1. The van der Waals surface area contributed by atoms with Gasteiger partial charge in [-0.15, -0.1) is 0 Å². The second kappa shape index (κ2) is 4.51. The molecule has 2 bridgehead atoms. The first-order valence-electron chi connectivity index (χ1n) is 5.61. The highest BCUT2D eigenvalue weighted by Gasteiger charge is 2.50. The lowest BCUT2D eigenvalue weighted by Gasteiger charge is -2.46. The molecule has 6 heteroatoms. The maximum absolute atomic E-state index is 12.2. The second-order valence-electron chi connectivity index (χ2n) is 4.30. The largest absolute Gasteiger partial charge is 0.322 e. The van der Waals surface area contributed by atoms with Crippen LogP contribution in [0.3, 0.4) is 0 Å². The van der Waals surface area contributed by atoms with Crippen molar-refractivity contribution in [1.29, 1.82) is 0 Å². The number of piperazine rings is 1. The van der Waals surface area contributed by atoms with Gasteiger partial charge >= 0.3 is 0 Å². The van der Waals surface area contributed by atoms with E-state index in [4.69, 9.17) is 0 Å². The lowest BCUT2D eigenvalue weighted by molar-refractivity contribution is -0.153. The van der Waals surface area contributed by atoms with Gasteiger partial charge in [0.25, 0.3) is 11.8 Å². The third kappa shape index (κ3) is 1.80. The Morgan fingerprint density at radius 2 is 1.72 bits per heavy atom. The van der Waals surface area contributed by atoms with Crippen molar-refractivity contribution in [1.82, 2.24) is 9.80 Å². The van der Waals surface area contributed by atoms with Gasteiger partial charge in [-0.3, -0.25) is 9.59 Å². The SMILES string of the molecule is CN1C(=O)[C@@H]2SS[C@H]1C(=O)N2Cc1ccccc1. The van der Waals surface area contributed by atoms with Gasteiger partial charge in [-0.25, -0.2) is 0 Å². The number of fused-ring (bicyclic) bond motifs is 3. The van der Waals surface area contributed by atoms with Crippen LogP contribution in [-0.4, -0.2) is 39.4 Å². The number of rotatable bonds is 2. The molecule has 0 aromatic heterocycles. The molecule has 4 nitrogen and oxygen atoms in total. The van der Waals surface area contributed by atoms with Crippen molar-refractivity contribution in [3.63, 3.8) is 0 Å². The Kier molecular flexibility index (Phi) is 2.99. The number of carbonyl (C=O) groups is 2. The number of carbonyl (C=O) groups excluding carboxylic acids is 2. The molecule has 0 aliphatic carbocycles. The molecule has 94 valence electrons. The van der Waals surface area contributed by atoms with Crippen molar-refractivity contribution in [2.45, 2.75) is 17.3 Å². The molecule has 18 heavy (non-hydrogen) atoms. The summed E-state index contributed by atoms with van der Waals surface area (Å²) < 4.78 is 0. The van der Waals surface area contributed by atoms with Crippen LogP contribution < -0.4 is 0 Å². The fourth-order valence-electron chi connectivity index (χ4n) is 2.09. The summed E-state index contributed by atoms with van der Waals surface area (Å²) in [5.41, 5.74) is 1.06. The third-order valence-electron chi connectivity index (χ3n) is 3.12. The third-order valence-corrected chi connectivity index (χ3v) is 6.00. The number of benzene rings is 1. The molecule has 0 unspecified atom stereocenters. The molecule has 3 aliphatic heterocycles. The first-order chi connectivity index (χ1) is 8.68. The highest BCUT2D eigenvalue weighted by atomic mass is 33.1. The monoisotopic (exact) mass is 280 g/mol. The van der Waals surface area contributed by atoms with E-state index in [2.05, 4.69) is 0 Å². The molecule has 3 saturated heterocycles. The Balaban J connectivity index is 1.85. The lowest BCUT2D eigenvalue weighted by Crippen LogP contribution is -2.63. The summed E-state index contributed by atoms with van der Waals surface area (Å²) in [6.45, 7) is 0.508. The van der Waals surface area contributed by atoms with Crippen LogP contribution in [0.4, 0.5) is 0 Å². The van der Waals surface area contributed by atoms with Crippen LogP contribution in [0.5, 0.6) is 0 Å². The van der Waals surface area contributed by atoms with Gasteiger partial charge in [0.05, 0.1) is 0 Å². The molecule has 0 N–H and O–H groups in total. The highest BCUT2D eigenvalue weighted by Crippen LogP contribution is 2.46. The van der Waals surface area contributed by atoms with E-state index in [0.29, 0.717) is 6.54 Å². The summed E-state index contributed by atoms with van der Waals surface area (Å²) in [6, 6.07) is 9.77. The molecule has 0 saturated carbocycles. The molecular weight excluding hydrogens is 268 g/mol. The molecule has 1 aromatic carbocycles. The van der Waals surface area contributed by atoms with E-state index in [1.807, 2.05) is 30.3 Å². The lowest BCUT2D eigenvalue weighted by atomic mass is 10.2. The van der Waals surface area contributed by atoms with Crippen molar-refractivity contribution >= 4 is 33.4 Å². The molecule has 0 radical (unpaired) electrons. The van der Waals surface area contributed by atoms with E-state index in [9.17, 15) is 9.59 Å². The average Bonchev–Trinajstić information content (AvgIpc) is 2.39. The summed E-state index contributed by atoms with van der Waals surface area (Å²) >= 11 is 0. The van der Waals surface area contributed by atoms with Crippen LogP contribution >= 0.6 is 21.6 Å². The van der Waals surface area contributed by atoms with E-state index >= 15 is 0 Å². The van der Waals surface area contributed by atoms with Crippen molar-refractivity contribution in [3.05, 3.63) is 35.9 Å². The smallest absolute Gasteiger partial charge is 0.258 e. The quantitative estimate of drug-likeness (QED) is 0.771. The summed E-state index contributed by atoms with van der Waals surface area (Å²) in [6.07, 6.45) is 0. The first kappa shape index (κ1) is 11.9. The minimum atomic E-state index is -0.377. The zero-order chi connectivity index (χ0) is 12.7. The average molecular weight is 280 g/mol. The van der Waals surface area contributed by atoms with Gasteiger partial charge in [0.15, 0.2) is 10.7 Å². The predicted molar refractivity (Wildman–Crippen MR) is 72.5 cm³/mol. The van der Waals surface area contributed by atoms with E-state index in [0.717, 1.165) is 5.56 Å². The van der Waals surface area contributed by atoms with Crippen LogP contribution in [0.25, 0.3) is 0 Å². The Hall–Kier alpha value is -1.14. The molecule has 2 amide bonds. The van der Waals surface area contributed by atoms with Gasteiger partial charge in [0.2, 0.25) is 0 Å². The summed E-state index contributed by atoms with van der Waals surface area (Å²) in [5.74, 6) is 0.0639. The van der Waals surface area contributed by atoms with Crippen LogP contribution in [0.15, 0.2) is 30.3 Å². The van der Waals surface area contributed by atoms with Crippen molar-refractivity contribution < 1.29 is 9.59 Å². The summed E-state index contributed by atoms with van der Waals surface area (Å²) in [4.78, 5) is 27.5. The predicted octanol–water partition coefficient (Wildman–Crippen LogP) is 1.53. The van der Waals surface area contributed by atoms with Crippen LogP contribution in [0.1, 0.15) is 5.56 Å². The van der Waals surface area contributed by atoms with Crippen LogP contribution in [0, 0.1) is 0 Å². The molecule has 4 rings (SSSR count). The maximum Gasteiger partial charge on any atom is 0.258 e. The van der Waals surface area contributed by atoms with Crippen LogP contribution in [-0.2, 0) is 16.1 Å². The number of amides is 2. The molecular formula is C12H12N2O2S2. The van der Waals surface area contributed by atoms with Gasteiger partial charge in [-0.05, 0) is 5.56 Å². The van der Waals surface area contributed by atoms with E-state index in [1.54, 1.807) is 16.8 Å². The second-order valence-corrected chi connectivity index (χ2v) is 6.73. The minimum Gasteiger partial charge on any atom is -0.322 e. The molecule has 3 heterocycles. The van der Waals surface area contributed by atoms with Gasteiger partial charge in [0, 0.05) is 13.6 Å². The van der Waals surface area contributed by atoms with E-state index in [-0.39, 0.29) is 22.6 Å². The Labute approximate surface area is 113 Å². The van der Waals surface area contributed by atoms with Gasteiger partial charge in [0.1, 0.15) is 0 Å². The zero-order valence-electron chi connectivity index (χ0n) is 9.78. The van der Waals surface area contributed by atoms with Crippen LogP contribution in [0.2, 0.25) is 0 Å². The molecule has 3 fully saturated rings. The Bertz CT molecular complexity index is 494. The van der Waals surface area contributed by atoms with Crippen molar-refractivity contribution in [2.24, 2.45) is 0 Å². The van der Waals surface area contributed by atoms with E-state index in [1.165, 1.54) is 21.6 Å². The van der Waals surface area contributed by atoms with Gasteiger partial charge in [-0.2, -0.15) is 0 Å². The van der Waals surface area contributed by atoms with Gasteiger partial charge in [-0.1, -0.05) is 51.9 Å². The van der Waals surface area contributed by atoms with Crippen molar-refractivity contribution in [2.75, 3.05) is 7.05 Å².